The summed E-state index contributed by atoms with van der Waals surface area (Å²) in [5, 5.41) is 0.297. The Morgan fingerprint density at radius 3 is 3.14 bits per heavy atom. The highest BCUT2D eigenvalue weighted by Gasteiger charge is 2.18. The van der Waals surface area contributed by atoms with Gasteiger partial charge in [0.15, 0.2) is 0 Å². The molecule has 0 fully saturated rings. The molecule has 1 aliphatic heterocycles. The molecule has 0 N–H and O–H groups in total. The Morgan fingerprint density at radius 2 is 2.50 bits per heavy atom. The number of ether oxygens (including phenoxy) is 1. The number of esters is 1. The van der Waals surface area contributed by atoms with E-state index >= 15 is 0 Å². The summed E-state index contributed by atoms with van der Waals surface area (Å²) in [5.41, 5.74) is -0.457. The number of nitrogens with zero attached hydrogens (tertiary/aromatic N) is 2. The summed E-state index contributed by atoms with van der Waals surface area (Å²) in [7, 11) is 0. The Morgan fingerprint density at radius 1 is 1.79 bits per heavy atom. The first kappa shape index (κ1) is 11.3. The zero-order valence-corrected chi connectivity index (χ0v) is 9.12. The Kier molecular flexibility index (Phi) is 4.22. The highest BCUT2D eigenvalue weighted by molar-refractivity contribution is 6.32. The molecule has 78 valence electrons. The number of aliphatic imine (C=N–C) groups is 1. The molecule has 0 amide bonds. The van der Waals surface area contributed by atoms with Gasteiger partial charge < -0.3 is 9.64 Å². The fourth-order valence-corrected chi connectivity index (χ4v) is 1.31. The molecule has 0 spiro atoms. The van der Waals surface area contributed by atoms with Gasteiger partial charge >= 0.3 is 5.97 Å². The van der Waals surface area contributed by atoms with Gasteiger partial charge in [-0.25, -0.2) is 4.99 Å². The van der Waals surface area contributed by atoms with Crippen LogP contribution in [0.4, 0.5) is 0 Å². The van der Waals surface area contributed by atoms with Crippen LogP contribution < -0.4 is 0 Å². The average Bonchev–Trinajstić information content (AvgIpc) is 2.12. The molecule has 6 heteroatoms. The second-order valence-electron chi connectivity index (χ2n) is 2.58. The van der Waals surface area contributed by atoms with E-state index in [1.54, 1.807) is 11.8 Å². The van der Waals surface area contributed by atoms with Crippen LogP contribution in [0.3, 0.4) is 0 Å². The summed E-state index contributed by atoms with van der Waals surface area (Å²) in [6.45, 7) is 2.17. The van der Waals surface area contributed by atoms with E-state index < -0.39 is 5.50 Å². The summed E-state index contributed by atoms with van der Waals surface area (Å²) in [4.78, 5) is 16.5. The van der Waals surface area contributed by atoms with Gasteiger partial charge in [-0.15, -0.1) is 0 Å². The average molecular weight is 237 g/mol. The van der Waals surface area contributed by atoms with Crippen LogP contribution in [0.2, 0.25) is 0 Å². The van der Waals surface area contributed by atoms with E-state index in [-0.39, 0.29) is 12.5 Å². The zero-order chi connectivity index (χ0) is 10.6. The van der Waals surface area contributed by atoms with E-state index in [9.17, 15) is 4.79 Å². The van der Waals surface area contributed by atoms with Crippen LogP contribution in [0.1, 0.15) is 6.92 Å². The van der Waals surface area contributed by atoms with Crippen LogP contribution in [0.5, 0.6) is 0 Å². The van der Waals surface area contributed by atoms with Crippen LogP contribution in [0.15, 0.2) is 16.3 Å². The van der Waals surface area contributed by atoms with Gasteiger partial charge in [-0.3, -0.25) is 4.79 Å². The number of hydrogen-bond donors (Lipinski definition) is 0. The minimum absolute atomic E-state index is 0.0737. The molecule has 0 aromatic rings. The second kappa shape index (κ2) is 5.22. The lowest BCUT2D eigenvalue weighted by atomic mass is 10.4. The summed E-state index contributed by atoms with van der Waals surface area (Å²) in [6.07, 6.45) is 2.97. The maximum Gasteiger partial charge on any atom is 0.325 e. The third-order valence-corrected chi connectivity index (χ3v) is 2.09. The van der Waals surface area contributed by atoms with Gasteiger partial charge in [0, 0.05) is 12.4 Å². The molecule has 14 heavy (non-hydrogen) atoms. The van der Waals surface area contributed by atoms with E-state index in [0.717, 1.165) is 0 Å². The lowest BCUT2D eigenvalue weighted by Crippen LogP contribution is -2.35. The summed E-state index contributed by atoms with van der Waals surface area (Å²) >= 11 is 11.5. The number of hydrogen-bond acceptors (Lipinski definition) is 4. The van der Waals surface area contributed by atoms with Crippen molar-refractivity contribution in [3.8, 4) is 0 Å². The number of alkyl halides is 1. The van der Waals surface area contributed by atoms with E-state index in [1.807, 2.05) is 0 Å². The Labute approximate surface area is 92.1 Å². The van der Waals surface area contributed by atoms with Crippen LogP contribution in [0, 0.1) is 0 Å². The first-order valence-corrected chi connectivity index (χ1v) is 4.92. The van der Waals surface area contributed by atoms with Gasteiger partial charge in [-0.2, -0.15) is 0 Å². The molecule has 4 nitrogen and oxygen atoms in total. The van der Waals surface area contributed by atoms with Gasteiger partial charge in [-0.05, 0) is 6.92 Å². The number of carbonyl (C=O) groups is 1. The summed E-state index contributed by atoms with van der Waals surface area (Å²) in [5.74, 6) is -0.339. The van der Waals surface area contributed by atoms with E-state index in [1.165, 1.54) is 12.4 Å². The Balaban J connectivity index is 2.52. The fourth-order valence-electron chi connectivity index (χ4n) is 0.948. The standard InChI is InChI=1S/C8H10Cl2N2O2/c1-2-14-8(13)5-12-4-6(9)11-3-7(12)10/h3-4,7H,2,5H2,1H3. The molecule has 0 aromatic carbocycles. The molecule has 1 unspecified atom stereocenters. The Hall–Kier alpha value is -0.740. The minimum atomic E-state index is -0.457. The summed E-state index contributed by atoms with van der Waals surface area (Å²) in [6, 6.07) is 0. The second-order valence-corrected chi connectivity index (χ2v) is 3.41. The summed E-state index contributed by atoms with van der Waals surface area (Å²) < 4.78 is 4.77. The van der Waals surface area contributed by atoms with Gasteiger partial charge in [0.2, 0.25) is 0 Å². The molecule has 1 atom stereocenters. The molecule has 0 aromatic heterocycles. The van der Waals surface area contributed by atoms with Crippen molar-refractivity contribution in [3.05, 3.63) is 11.4 Å². The van der Waals surface area contributed by atoms with Crippen LogP contribution in [-0.4, -0.2) is 35.7 Å². The molecule has 0 radical (unpaired) electrons. The lowest BCUT2D eigenvalue weighted by Gasteiger charge is -2.24. The van der Waals surface area contributed by atoms with Gasteiger partial charge in [0.25, 0.3) is 0 Å². The van der Waals surface area contributed by atoms with Crippen molar-refractivity contribution in [1.29, 1.82) is 0 Å². The third kappa shape index (κ3) is 3.20. The molecule has 1 heterocycles. The third-order valence-electron chi connectivity index (χ3n) is 1.53. The van der Waals surface area contributed by atoms with E-state index in [0.29, 0.717) is 11.8 Å². The van der Waals surface area contributed by atoms with Crippen molar-refractivity contribution in [2.75, 3.05) is 13.2 Å². The molecule has 0 aliphatic carbocycles. The van der Waals surface area contributed by atoms with Crippen molar-refractivity contribution in [2.45, 2.75) is 12.4 Å². The minimum Gasteiger partial charge on any atom is -0.465 e. The zero-order valence-electron chi connectivity index (χ0n) is 7.61. The number of rotatable bonds is 3. The quantitative estimate of drug-likeness (QED) is 0.424. The van der Waals surface area contributed by atoms with Crippen molar-refractivity contribution in [2.24, 2.45) is 4.99 Å². The van der Waals surface area contributed by atoms with Crippen LogP contribution >= 0.6 is 23.2 Å². The highest BCUT2D eigenvalue weighted by atomic mass is 35.5. The molecule has 1 aliphatic rings. The van der Waals surface area contributed by atoms with Crippen molar-refractivity contribution < 1.29 is 9.53 Å². The molecular weight excluding hydrogens is 227 g/mol. The monoisotopic (exact) mass is 236 g/mol. The molecular formula is C8H10Cl2N2O2. The first-order valence-electron chi connectivity index (χ1n) is 4.10. The smallest absolute Gasteiger partial charge is 0.325 e. The van der Waals surface area contributed by atoms with Gasteiger partial charge in [0.05, 0.1) is 6.61 Å². The van der Waals surface area contributed by atoms with Crippen molar-refractivity contribution in [3.63, 3.8) is 0 Å². The normalized spacial score (nSPS) is 20.6. The number of carbonyl (C=O) groups excluding carboxylic acids is 1. The topological polar surface area (TPSA) is 41.9 Å². The predicted octanol–water partition coefficient (Wildman–Crippen LogP) is 1.54. The van der Waals surface area contributed by atoms with Gasteiger partial charge in [0.1, 0.15) is 17.2 Å². The van der Waals surface area contributed by atoms with Crippen molar-refractivity contribution >= 4 is 35.4 Å². The fraction of sp³-hybridized carbons (Fsp3) is 0.500. The lowest BCUT2D eigenvalue weighted by molar-refractivity contribution is -0.143. The molecule has 0 saturated heterocycles. The molecule has 0 bridgehead atoms. The van der Waals surface area contributed by atoms with Crippen LogP contribution in [-0.2, 0) is 9.53 Å². The van der Waals surface area contributed by atoms with E-state index in [4.69, 9.17) is 27.9 Å². The Bertz CT molecular complexity index is 279. The van der Waals surface area contributed by atoms with E-state index in [2.05, 4.69) is 4.99 Å². The molecule has 0 saturated carbocycles. The number of halogens is 2. The van der Waals surface area contributed by atoms with Crippen molar-refractivity contribution in [1.82, 2.24) is 4.90 Å². The van der Waals surface area contributed by atoms with Gasteiger partial charge in [-0.1, -0.05) is 23.2 Å². The molecule has 1 rings (SSSR count). The predicted molar refractivity (Wildman–Crippen MR) is 55.4 cm³/mol. The van der Waals surface area contributed by atoms with Crippen LogP contribution in [0.25, 0.3) is 0 Å². The largest absolute Gasteiger partial charge is 0.465 e. The first-order chi connectivity index (χ1) is 6.63. The highest BCUT2D eigenvalue weighted by Crippen LogP contribution is 2.15. The maximum absolute atomic E-state index is 11.1. The maximum atomic E-state index is 11.1. The SMILES string of the molecule is CCOC(=O)CN1C=C(Cl)N=CC1Cl.